The van der Waals surface area contributed by atoms with Crippen molar-refractivity contribution in [2.24, 2.45) is 0 Å². The summed E-state index contributed by atoms with van der Waals surface area (Å²) in [7, 11) is 1.41. The molecule has 0 unspecified atom stereocenters. The predicted molar refractivity (Wildman–Crippen MR) is 98.9 cm³/mol. The molecule has 0 aromatic heterocycles. The van der Waals surface area contributed by atoms with Crippen LogP contribution in [-0.4, -0.2) is 24.5 Å². The number of carbonyl (C=O) groups excluding carboxylic acids is 1. The van der Waals surface area contributed by atoms with Crippen LogP contribution >= 0.6 is 0 Å². The fourth-order valence-corrected chi connectivity index (χ4v) is 2.36. The minimum Gasteiger partial charge on any atom is -0.496 e. The summed E-state index contributed by atoms with van der Waals surface area (Å²) in [5, 5.41) is 13.6. The lowest BCUT2D eigenvalue weighted by molar-refractivity contribution is -0.384. The van der Waals surface area contributed by atoms with Crippen molar-refractivity contribution in [3.63, 3.8) is 0 Å². The number of carbonyl (C=O) groups is 1. The van der Waals surface area contributed by atoms with Crippen LogP contribution in [0.4, 0.5) is 11.4 Å². The largest absolute Gasteiger partial charge is 0.496 e. The van der Waals surface area contributed by atoms with Gasteiger partial charge in [-0.1, -0.05) is 26.0 Å². The van der Waals surface area contributed by atoms with Crippen LogP contribution in [0.1, 0.15) is 31.7 Å². The average molecular weight is 358 g/mol. The lowest BCUT2D eigenvalue weighted by atomic mass is 9.99. The van der Waals surface area contributed by atoms with Crippen molar-refractivity contribution in [1.82, 2.24) is 0 Å². The number of amides is 1. The summed E-state index contributed by atoms with van der Waals surface area (Å²) >= 11 is 0. The Hall–Kier alpha value is -3.09. The molecule has 26 heavy (non-hydrogen) atoms. The first kappa shape index (κ1) is 19.2. The van der Waals surface area contributed by atoms with E-state index in [4.69, 9.17) is 9.47 Å². The van der Waals surface area contributed by atoms with Crippen molar-refractivity contribution in [2.45, 2.75) is 26.2 Å². The van der Waals surface area contributed by atoms with Crippen LogP contribution in [0.25, 0.3) is 0 Å². The molecule has 0 aliphatic carbocycles. The van der Waals surface area contributed by atoms with Gasteiger partial charge in [0.25, 0.3) is 11.6 Å². The summed E-state index contributed by atoms with van der Waals surface area (Å²) < 4.78 is 10.4. The summed E-state index contributed by atoms with van der Waals surface area (Å²) in [6, 6.07) is 11.8. The normalized spacial score (nSPS) is 11.5. The molecule has 2 aromatic carbocycles. The molecule has 0 aliphatic rings. The molecule has 0 radical (unpaired) electrons. The van der Waals surface area contributed by atoms with Crippen molar-refractivity contribution in [1.29, 1.82) is 0 Å². The smallest absolute Gasteiger partial charge is 0.296 e. The molecule has 7 nitrogen and oxygen atoms in total. The van der Waals surface area contributed by atoms with E-state index < -0.39 is 10.8 Å². The molecule has 138 valence electrons. The van der Waals surface area contributed by atoms with Gasteiger partial charge in [-0.3, -0.25) is 14.9 Å². The zero-order valence-electron chi connectivity index (χ0n) is 15.0. The van der Waals surface area contributed by atoms with Gasteiger partial charge >= 0.3 is 0 Å². The Morgan fingerprint density at radius 3 is 2.42 bits per heavy atom. The number of nitrogens with zero attached hydrogens (tertiary/aromatic N) is 1. The van der Waals surface area contributed by atoms with E-state index in [9.17, 15) is 14.9 Å². The molecule has 0 spiro atoms. The quantitative estimate of drug-likeness (QED) is 0.566. The minimum absolute atomic E-state index is 0.0940. The maximum atomic E-state index is 12.0. The standard InChI is InChI=1S/C19H22N2O5/c1-4-13(2)14-5-7-15(8-6-14)26-12-19(22)20-17-10-9-16(25-3)11-18(17)21(23)24/h5-11,13H,4,12H2,1-3H3,(H,20,22)/t13-/m0/s1. The summed E-state index contributed by atoms with van der Waals surface area (Å²) in [5.74, 6) is 0.885. The van der Waals surface area contributed by atoms with Crippen molar-refractivity contribution in [2.75, 3.05) is 19.0 Å². The molecule has 1 atom stereocenters. The Morgan fingerprint density at radius 2 is 1.85 bits per heavy atom. The maximum Gasteiger partial charge on any atom is 0.296 e. The monoisotopic (exact) mass is 358 g/mol. The molecule has 0 saturated heterocycles. The van der Waals surface area contributed by atoms with E-state index in [2.05, 4.69) is 19.2 Å². The highest BCUT2D eigenvalue weighted by atomic mass is 16.6. The van der Waals surface area contributed by atoms with Crippen LogP contribution in [0.2, 0.25) is 0 Å². The summed E-state index contributed by atoms with van der Waals surface area (Å²) in [6.45, 7) is 4.02. The van der Waals surface area contributed by atoms with Gasteiger partial charge in [0.15, 0.2) is 6.61 Å². The first-order valence-electron chi connectivity index (χ1n) is 8.29. The molecule has 0 saturated carbocycles. The number of nitro benzene ring substituents is 1. The highest BCUT2D eigenvalue weighted by Gasteiger charge is 2.17. The molecule has 1 N–H and O–H groups in total. The summed E-state index contributed by atoms with van der Waals surface area (Å²) in [4.78, 5) is 22.6. The van der Waals surface area contributed by atoms with Gasteiger partial charge in [-0.25, -0.2) is 0 Å². The van der Waals surface area contributed by atoms with E-state index in [1.165, 1.54) is 30.9 Å². The lowest BCUT2D eigenvalue weighted by Crippen LogP contribution is -2.20. The Kier molecular flexibility index (Phi) is 6.54. The number of methoxy groups -OCH3 is 1. The van der Waals surface area contributed by atoms with E-state index in [0.29, 0.717) is 17.4 Å². The second-order valence-electron chi connectivity index (χ2n) is 5.86. The number of nitro groups is 1. The van der Waals surface area contributed by atoms with E-state index >= 15 is 0 Å². The Bertz CT molecular complexity index is 774. The molecular weight excluding hydrogens is 336 g/mol. The van der Waals surface area contributed by atoms with E-state index in [1.54, 1.807) is 0 Å². The van der Waals surface area contributed by atoms with Gasteiger partial charge < -0.3 is 14.8 Å². The van der Waals surface area contributed by atoms with Crippen LogP contribution < -0.4 is 14.8 Å². The van der Waals surface area contributed by atoms with Gasteiger partial charge in [0.05, 0.1) is 18.1 Å². The molecule has 0 bridgehead atoms. The molecule has 0 aliphatic heterocycles. The van der Waals surface area contributed by atoms with Gasteiger partial charge in [0.2, 0.25) is 0 Å². The zero-order chi connectivity index (χ0) is 19.1. The molecule has 0 heterocycles. The van der Waals surface area contributed by atoms with Crippen LogP contribution in [0.3, 0.4) is 0 Å². The van der Waals surface area contributed by atoms with Crippen molar-refractivity contribution < 1.29 is 19.2 Å². The molecular formula is C19H22N2O5. The third kappa shape index (κ3) is 4.95. The third-order valence-electron chi connectivity index (χ3n) is 4.11. The van der Waals surface area contributed by atoms with Crippen molar-refractivity contribution in [3.8, 4) is 11.5 Å². The van der Waals surface area contributed by atoms with E-state index in [1.807, 2.05) is 24.3 Å². The first-order valence-corrected chi connectivity index (χ1v) is 8.29. The number of nitrogens with one attached hydrogen (secondary N) is 1. The Labute approximate surface area is 152 Å². The van der Waals surface area contributed by atoms with Gasteiger partial charge in [-0.15, -0.1) is 0 Å². The second kappa shape index (κ2) is 8.84. The molecule has 2 aromatic rings. The van der Waals surface area contributed by atoms with Crippen molar-refractivity contribution >= 4 is 17.3 Å². The maximum absolute atomic E-state index is 12.0. The van der Waals surface area contributed by atoms with Crippen LogP contribution in [-0.2, 0) is 4.79 Å². The van der Waals surface area contributed by atoms with Gasteiger partial charge in [-0.05, 0) is 42.2 Å². The van der Waals surface area contributed by atoms with Crippen LogP contribution in [0.15, 0.2) is 42.5 Å². The number of hydrogen-bond donors (Lipinski definition) is 1. The van der Waals surface area contributed by atoms with Crippen molar-refractivity contribution in [3.05, 3.63) is 58.1 Å². The molecule has 7 heteroatoms. The summed E-state index contributed by atoms with van der Waals surface area (Å²) in [6.07, 6.45) is 1.04. The van der Waals surface area contributed by atoms with E-state index in [0.717, 1.165) is 6.42 Å². The number of hydrogen-bond acceptors (Lipinski definition) is 5. The molecule has 0 fully saturated rings. The van der Waals surface area contributed by atoms with Gasteiger partial charge in [0, 0.05) is 0 Å². The first-order chi connectivity index (χ1) is 12.4. The van der Waals surface area contributed by atoms with Crippen LogP contribution in [0, 0.1) is 10.1 Å². The number of ether oxygens (including phenoxy) is 2. The van der Waals surface area contributed by atoms with Crippen LogP contribution in [0.5, 0.6) is 11.5 Å². The fourth-order valence-electron chi connectivity index (χ4n) is 2.36. The Balaban J connectivity index is 1.98. The highest BCUT2D eigenvalue weighted by Crippen LogP contribution is 2.29. The average Bonchev–Trinajstić information content (AvgIpc) is 2.66. The number of anilines is 1. The second-order valence-corrected chi connectivity index (χ2v) is 5.86. The highest BCUT2D eigenvalue weighted by molar-refractivity contribution is 5.94. The fraction of sp³-hybridized carbons (Fsp3) is 0.316. The summed E-state index contributed by atoms with van der Waals surface area (Å²) in [5.41, 5.74) is 1.06. The lowest BCUT2D eigenvalue weighted by Gasteiger charge is -2.11. The number of benzene rings is 2. The van der Waals surface area contributed by atoms with Gasteiger partial charge in [-0.2, -0.15) is 0 Å². The number of rotatable bonds is 8. The topological polar surface area (TPSA) is 90.7 Å². The van der Waals surface area contributed by atoms with E-state index in [-0.39, 0.29) is 18.0 Å². The molecule has 1 amide bonds. The zero-order valence-corrected chi connectivity index (χ0v) is 15.0. The third-order valence-corrected chi connectivity index (χ3v) is 4.11. The molecule has 2 rings (SSSR count). The SMILES string of the molecule is CC[C@H](C)c1ccc(OCC(=O)Nc2ccc(OC)cc2[N+](=O)[O-])cc1. The van der Waals surface area contributed by atoms with Gasteiger partial charge in [0.1, 0.15) is 17.2 Å². The Morgan fingerprint density at radius 1 is 1.19 bits per heavy atom. The predicted octanol–water partition coefficient (Wildman–Crippen LogP) is 4.13. The minimum atomic E-state index is -0.577.